The second kappa shape index (κ2) is 6.71. The Hall–Kier alpha value is -1.62. The van der Waals surface area contributed by atoms with Crippen LogP contribution in [0.1, 0.15) is 32.1 Å². The summed E-state index contributed by atoms with van der Waals surface area (Å²) in [5.74, 6) is 1.63. The van der Waals surface area contributed by atoms with Gasteiger partial charge in [0.15, 0.2) is 0 Å². The van der Waals surface area contributed by atoms with E-state index in [-0.39, 0.29) is 11.3 Å². The number of likely N-dealkylation sites (tertiary alicyclic amines) is 1. The van der Waals surface area contributed by atoms with Gasteiger partial charge in [-0.05, 0) is 44.2 Å². The Labute approximate surface area is 144 Å². The van der Waals surface area contributed by atoms with E-state index in [0.717, 1.165) is 64.5 Å². The van der Waals surface area contributed by atoms with E-state index in [0.29, 0.717) is 5.91 Å². The number of piperidine rings is 1. The number of nitrogens with zero attached hydrogens (tertiary/aromatic N) is 3. The minimum atomic E-state index is 0.185. The van der Waals surface area contributed by atoms with Gasteiger partial charge >= 0.3 is 0 Å². The fraction of sp³-hybridized carbons (Fsp3) is 0.684. The molecule has 3 aliphatic heterocycles. The van der Waals surface area contributed by atoms with Gasteiger partial charge in [-0.2, -0.15) is 0 Å². The number of rotatable bonds is 2. The minimum Gasteiger partial charge on any atom is -0.381 e. The Morgan fingerprint density at radius 1 is 1.17 bits per heavy atom. The van der Waals surface area contributed by atoms with E-state index in [1.165, 1.54) is 12.8 Å². The predicted molar refractivity (Wildman–Crippen MR) is 92.9 cm³/mol. The molecular formula is C19H27N3O2. The van der Waals surface area contributed by atoms with Crippen LogP contribution in [0.5, 0.6) is 0 Å². The van der Waals surface area contributed by atoms with Crippen LogP contribution in [0, 0.1) is 11.3 Å². The highest BCUT2D eigenvalue weighted by atomic mass is 16.5. The molecule has 1 aromatic rings. The summed E-state index contributed by atoms with van der Waals surface area (Å²) in [4.78, 5) is 21.9. The maximum atomic E-state index is 12.8. The zero-order chi connectivity index (χ0) is 16.4. The first-order valence-electron chi connectivity index (χ1n) is 9.28. The van der Waals surface area contributed by atoms with Gasteiger partial charge in [0.1, 0.15) is 5.82 Å². The van der Waals surface area contributed by atoms with Crippen molar-refractivity contribution in [3.05, 3.63) is 24.4 Å². The van der Waals surface area contributed by atoms with E-state index in [1.54, 1.807) is 0 Å². The molecule has 1 atom stereocenters. The molecule has 5 nitrogen and oxygen atoms in total. The second-order valence-electron chi connectivity index (χ2n) is 7.61. The summed E-state index contributed by atoms with van der Waals surface area (Å²) in [5, 5.41) is 0. The average Bonchev–Trinajstić information content (AvgIpc) is 3.06. The van der Waals surface area contributed by atoms with Gasteiger partial charge in [-0.15, -0.1) is 0 Å². The summed E-state index contributed by atoms with van der Waals surface area (Å²) < 4.78 is 5.40. The van der Waals surface area contributed by atoms with Crippen LogP contribution in [0.2, 0.25) is 0 Å². The van der Waals surface area contributed by atoms with Gasteiger partial charge in [-0.1, -0.05) is 6.07 Å². The summed E-state index contributed by atoms with van der Waals surface area (Å²) in [6.45, 7) is 5.43. The van der Waals surface area contributed by atoms with Crippen LogP contribution in [0.4, 0.5) is 5.82 Å². The van der Waals surface area contributed by atoms with Crippen molar-refractivity contribution in [1.82, 2.24) is 9.88 Å². The van der Waals surface area contributed by atoms with E-state index in [4.69, 9.17) is 4.74 Å². The summed E-state index contributed by atoms with van der Waals surface area (Å²) >= 11 is 0. The summed E-state index contributed by atoms with van der Waals surface area (Å²) in [7, 11) is 0. The number of amides is 1. The Kier molecular flexibility index (Phi) is 4.44. The van der Waals surface area contributed by atoms with Gasteiger partial charge in [0.2, 0.25) is 5.91 Å². The van der Waals surface area contributed by atoms with Crippen LogP contribution in [-0.2, 0) is 9.53 Å². The predicted octanol–water partition coefficient (Wildman–Crippen LogP) is 2.33. The monoisotopic (exact) mass is 329 g/mol. The van der Waals surface area contributed by atoms with Crippen LogP contribution in [0.25, 0.3) is 0 Å². The van der Waals surface area contributed by atoms with Crippen molar-refractivity contribution in [2.45, 2.75) is 32.1 Å². The molecule has 24 heavy (non-hydrogen) atoms. The molecule has 1 spiro atoms. The Balaban J connectivity index is 1.42. The molecule has 0 aliphatic carbocycles. The lowest BCUT2D eigenvalue weighted by atomic mass is 9.79. The van der Waals surface area contributed by atoms with Crippen LogP contribution in [0.15, 0.2) is 24.4 Å². The fourth-order valence-corrected chi connectivity index (χ4v) is 4.60. The highest BCUT2D eigenvalue weighted by Crippen LogP contribution is 2.40. The maximum Gasteiger partial charge on any atom is 0.225 e. The van der Waals surface area contributed by atoms with Crippen molar-refractivity contribution in [2.75, 3.05) is 44.3 Å². The lowest BCUT2D eigenvalue weighted by Crippen LogP contribution is -2.46. The van der Waals surface area contributed by atoms with Gasteiger partial charge in [-0.25, -0.2) is 4.98 Å². The van der Waals surface area contributed by atoms with Crippen molar-refractivity contribution in [1.29, 1.82) is 0 Å². The van der Waals surface area contributed by atoms with Crippen molar-refractivity contribution < 1.29 is 9.53 Å². The molecule has 0 aromatic carbocycles. The molecule has 0 N–H and O–H groups in total. The number of carbonyl (C=O) groups is 1. The topological polar surface area (TPSA) is 45.7 Å². The standard InChI is InChI=1S/C19H27N3O2/c23-18(16-5-12-24-13-6-16)22-11-8-19(15-22)7-3-10-21(14-19)17-4-1-2-9-20-17/h1-2,4,9,16H,3,5-8,10-15H2. The molecule has 130 valence electrons. The summed E-state index contributed by atoms with van der Waals surface area (Å²) in [6.07, 6.45) is 7.20. The number of ether oxygens (including phenoxy) is 1. The molecule has 3 aliphatic rings. The van der Waals surface area contributed by atoms with Gasteiger partial charge < -0.3 is 14.5 Å². The Morgan fingerprint density at radius 3 is 2.83 bits per heavy atom. The first-order valence-corrected chi connectivity index (χ1v) is 9.28. The van der Waals surface area contributed by atoms with Crippen LogP contribution >= 0.6 is 0 Å². The van der Waals surface area contributed by atoms with Crippen molar-refractivity contribution in [2.24, 2.45) is 11.3 Å². The quantitative estimate of drug-likeness (QED) is 0.835. The molecule has 1 amide bonds. The molecule has 0 bridgehead atoms. The van der Waals surface area contributed by atoms with E-state index in [9.17, 15) is 4.79 Å². The van der Waals surface area contributed by atoms with E-state index < -0.39 is 0 Å². The van der Waals surface area contributed by atoms with E-state index >= 15 is 0 Å². The molecule has 0 saturated carbocycles. The third kappa shape index (κ3) is 3.14. The third-order valence-corrected chi connectivity index (χ3v) is 5.96. The fourth-order valence-electron chi connectivity index (χ4n) is 4.60. The number of anilines is 1. The summed E-state index contributed by atoms with van der Waals surface area (Å²) in [5.41, 5.74) is 0.261. The van der Waals surface area contributed by atoms with Gasteiger partial charge in [0, 0.05) is 56.9 Å². The zero-order valence-corrected chi connectivity index (χ0v) is 14.3. The molecule has 0 radical (unpaired) electrons. The first-order chi connectivity index (χ1) is 11.8. The number of hydrogen-bond donors (Lipinski definition) is 0. The SMILES string of the molecule is O=C(C1CCOCC1)N1CCC2(CCCN(c3ccccn3)C2)C1. The van der Waals surface area contributed by atoms with Gasteiger partial charge in [-0.3, -0.25) is 4.79 Å². The van der Waals surface area contributed by atoms with Gasteiger partial charge in [0.05, 0.1) is 0 Å². The molecule has 4 rings (SSSR count). The maximum absolute atomic E-state index is 12.8. The number of aromatic nitrogens is 1. The highest BCUT2D eigenvalue weighted by molar-refractivity contribution is 5.79. The molecule has 3 saturated heterocycles. The molecule has 3 fully saturated rings. The van der Waals surface area contributed by atoms with Crippen molar-refractivity contribution in [3.63, 3.8) is 0 Å². The minimum absolute atomic E-state index is 0.185. The number of hydrogen-bond acceptors (Lipinski definition) is 4. The normalized spacial score (nSPS) is 28.5. The van der Waals surface area contributed by atoms with Gasteiger partial charge in [0.25, 0.3) is 0 Å². The lowest BCUT2D eigenvalue weighted by Gasteiger charge is -2.41. The Bertz CT molecular complexity index is 573. The third-order valence-electron chi connectivity index (χ3n) is 5.96. The second-order valence-corrected chi connectivity index (χ2v) is 7.61. The Morgan fingerprint density at radius 2 is 2.04 bits per heavy atom. The number of pyridine rings is 1. The molecule has 1 unspecified atom stereocenters. The van der Waals surface area contributed by atoms with Crippen LogP contribution in [-0.4, -0.2) is 55.2 Å². The average molecular weight is 329 g/mol. The van der Waals surface area contributed by atoms with Crippen molar-refractivity contribution in [3.8, 4) is 0 Å². The van der Waals surface area contributed by atoms with Crippen molar-refractivity contribution >= 4 is 11.7 Å². The highest BCUT2D eigenvalue weighted by Gasteiger charge is 2.44. The largest absolute Gasteiger partial charge is 0.381 e. The van der Waals surface area contributed by atoms with Crippen LogP contribution in [0.3, 0.4) is 0 Å². The summed E-state index contributed by atoms with van der Waals surface area (Å²) in [6, 6.07) is 6.12. The molecular weight excluding hydrogens is 302 g/mol. The van der Waals surface area contributed by atoms with E-state index in [2.05, 4.69) is 26.9 Å². The van der Waals surface area contributed by atoms with Crippen LogP contribution < -0.4 is 4.90 Å². The molecule has 5 heteroatoms. The first kappa shape index (κ1) is 15.9. The van der Waals surface area contributed by atoms with E-state index in [1.807, 2.05) is 12.3 Å². The lowest BCUT2D eigenvalue weighted by molar-refractivity contribution is -0.137. The number of carbonyl (C=O) groups excluding carboxylic acids is 1. The smallest absolute Gasteiger partial charge is 0.225 e. The molecule has 4 heterocycles. The molecule has 1 aromatic heterocycles. The zero-order valence-electron chi connectivity index (χ0n) is 14.3.